The fourth-order valence-electron chi connectivity index (χ4n) is 1.41. The molecule has 2 aromatic carbocycles. The van der Waals surface area contributed by atoms with Gasteiger partial charge in [-0.2, -0.15) is 0 Å². The van der Waals surface area contributed by atoms with Gasteiger partial charge in [0.2, 0.25) is 0 Å². The molecule has 0 amide bonds. The highest BCUT2D eigenvalue weighted by Crippen LogP contribution is 2.36. The topological polar surface area (TPSA) is 35.5 Å². The molecular formula is C15H11ClO3. The number of halogens is 1. The molecule has 0 heterocycles. The molecule has 0 spiro atoms. The number of carbonyl (C=O) groups is 1. The summed E-state index contributed by atoms with van der Waals surface area (Å²) in [6, 6.07) is 14.2. The summed E-state index contributed by atoms with van der Waals surface area (Å²) >= 11 is 6.12. The van der Waals surface area contributed by atoms with E-state index in [9.17, 15) is 4.79 Å². The van der Waals surface area contributed by atoms with Gasteiger partial charge in [-0.1, -0.05) is 42.4 Å². The van der Waals surface area contributed by atoms with Crippen molar-refractivity contribution in [2.24, 2.45) is 0 Å². The molecule has 0 saturated carbocycles. The van der Waals surface area contributed by atoms with Crippen LogP contribution in [0.4, 0.5) is 0 Å². The molecule has 0 unspecified atom stereocenters. The van der Waals surface area contributed by atoms with E-state index in [1.807, 2.05) is 18.2 Å². The van der Waals surface area contributed by atoms with Crippen LogP contribution in [0.3, 0.4) is 0 Å². The first-order valence-electron chi connectivity index (χ1n) is 5.56. The van der Waals surface area contributed by atoms with Gasteiger partial charge in [-0.3, -0.25) is 0 Å². The second-order valence-corrected chi connectivity index (χ2v) is 3.99. The second kappa shape index (κ2) is 6.07. The smallest absolute Gasteiger partial charge is 0.335 e. The molecule has 3 nitrogen and oxygen atoms in total. The Morgan fingerprint density at radius 2 is 1.74 bits per heavy atom. The summed E-state index contributed by atoms with van der Waals surface area (Å²) in [5.41, 5.74) is 0. The third kappa shape index (κ3) is 3.36. The maximum absolute atomic E-state index is 11.2. The molecule has 96 valence electrons. The quantitative estimate of drug-likeness (QED) is 0.476. The average Bonchev–Trinajstić information content (AvgIpc) is 2.44. The van der Waals surface area contributed by atoms with E-state index in [1.54, 1.807) is 30.3 Å². The zero-order valence-electron chi connectivity index (χ0n) is 10.0. The van der Waals surface area contributed by atoms with Crippen molar-refractivity contribution in [3.63, 3.8) is 0 Å². The lowest BCUT2D eigenvalue weighted by Gasteiger charge is -2.10. The minimum Gasteiger partial charge on any atom is -0.456 e. The van der Waals surface area contributed by atoms with Gasteiger partial charge in [0.15, 0.2) is 5.75 Å². The number of esters is 1. The van der Waals surface area contributed by atoms with Crippen LogP contribution in [0.25, 0.3) is 0 Å². The molecular weight excluding hydrogens is 264 g/mol. The van der Waals surface area contributed by atoms with Gasteiger partial charge in [0.25, 0.3) is 0 Å². The Kier molecular flexibility index (Phi) is 4.21. The fourth-order valence-corrected chi connectivity index (χ4v) is 1.62. The molecule has 19 heavy (non-hydrogen) atoms. The molecule has 0 N–H and O–H groups in total. The van der Waals surface area contributed by atoms with E-state index in [0.717, 1.165) is 6.08 Å². The molecule has 0 bridgehead atoms. The van der Waals surface area contributed by atoms with Crippen molar-refractivity contribution in [1.29, 1.82) is 0 Å². The van der Waals surface area contributed by atoms with Crippen LogP contribution in [0.15, 0.2) is 61.2 Å². The molecule has 0 aliphatic rings. The Bertz CT molecular complexity index is 594. The van der Waals surface area contributed by atoms with E-state index in [-0.39, 0.29) is 10.8 Å². The number of para-hydroxylation sites is 1. The molecule has 0 saturated heterocycles. The fraction of sp³-hybridized carbons (Fsp3) is 0. The number of benzene rings is 2. The van der Waals surface area contributed by atoms with Crippen LogP contribution >= 0.6 is 11.6 Å². The summed E-state index contributed by atoms with van der Waals surface area (Å²) in [5, 5.41) is 0.238. The highest BCUT2D eigenvalue weighted by molar-refractivity contribution is 6.33. The van der Waals surface area contributed by atoms with Gasteiger partial charge >= 0.3 is 5.97 Å². The molecule has 0 aliphatic carbocycles. The molecule has 2 aromatic rings. The van der Waals surface area contributed by atoms with Gasteiger partial charge in [0.1, 0.15) is 16.5 Å². The second-order valence-electron chi connectivity index (χ2n) is 3.61. The van der Waals surface area contributed by atoms with Crippen LogP contribution < -0.4 is 9.47 Å². The molecule has 4 heteroatoms. The Hall–Kier alpha value is -2.26. The van der Waals surface area contributed by atoms with Crippen LogP contribution in [0, 0.1) is 0 Å². The maximum Gasteiger partial charge on any atom is 0.335 e. The van der Waals surface area contributed by atoms with E-state index >= 15 is 0 Å². The first-order chi connectivity index (χ1) is 9.20. The monoisotopic (exact) mass is 274 g/mol. The number of rotatable bonds is 4. The summed E-state index contributed by atoms with van der Waals surface area (Å²) in [6.45, 7) is 3.33. The van der Waals surface area contributed by atoms with Crippen molar-refractivity contribution in [2.75, 3.05) is 0 Å². The van der Waals surface area contributed by atoms with Crippen molar-refractivity contribution >= 4 is 17.6 Å². The van der Waals surface area contributed by atoms with Crippen molar-refractivity contribution in [3.8, 4) is 17.2 Å². The highest BCUT2D eigenvalue weighted by atomic mass is 35.5. The summed E-state index contributed by atoms with van der Waals surface area (Å²) < 4.78 is 10.6. The third-order valence-corrected chi connectivity index (χ3v) is 2.65. The molecule has 0 atom stereocenters. The first-order valence-corrected chi connectivity index (χ1v) is 5.94. The lowest BCUT2D eigenvalue weighted by atomic mass is 10.3. The van der Waals surface area contributed by atoms with Crippen LogP contribution in [0.5, 0.6) is 17.2 Å². The normalized spacial score (nSPS) is 9.74. The van der Waals surface area contributed by atoms with Crippen molar-refractivity contribution in [3.05, 3.63) is 66.2 Å². The van der Waals surface area contributed by atoms with Crippen LogP contribution in [-0.2, 0) is 4.79 Å². The van der Waals surface area contributed by atoms with E-state index in [1.165, 1.54) is 0 Å². The number of hydrogen-bond acceptors (Lipinski definition) is 3. The van der Waals surface area contributed by atoms with E-state index in [4.69, 9.17) is 21.1 Å². The Balaban J connectivity index is 2.25. The zero-order valence-corrected chi connectivity index (χ0v) is 10.8. The predicted octanol–water partition coefficient (Wildman–Crippen LogP) is 4.22. The Morgan fingerprint density at radius 3 is 2.42 bits per heavy atom. The minimum atomic E-state index is -0.571. The van der Waals surface area contributed by atoms with Crippen molar-refractivity contribution in [1.82, 2.24) is 0 Å². The van der Waals surface area contributed by atoms with Gasteiger partial charge in [-0.05, 0) is 24.3 Å². The average molecular weight is 275 g/mol. The van der Waals surface area contributed by atoms with Crippen LogP contribution in [-0.4, -0.2) is 5.97 Å². The Morgan fingerprint density at radius 1 is 1.05 bits per heavy atom. The number of ether oxygens (including phenoxy) is 2. The van der Waals surface area contributed by atoms with E-state index < -0.39 is 5.97 Å². The summed E-state index contributed by atoms with van der Waals surface area (Å²) in [5.74, 6) is 0.734. The summed E-state index contributed by atoms with van der Waals surface area (Å²) in [7, 11) is 0. The molecule has 2 rings (SSSR count). The van der Waals surface area contributed by atoms with Gasteiger partial charge in [-0.15, -0.1) is 0 Å². The van der Waals surface area contributed by atoms with Gasteiger partial charge < -0.3 is 9.47 Å². The van der Waals surface area contributed by atoms with Crippen LogP contribution in [0.1, 0.15) is 0 Å². The summed E-state index contributed by atoms with van der Waals surface area (Å²) in [4.78, 5) is 11.2. The van der Waals surface area contributed by atoms with Crippen molar-refractivity contribution in [2.45, 2.75) is 0 Å². The maximum atomic E-state index is 11.2. The molecule has 0 aliphatic heterocycles. The lowest BCUT2D eigenvalue weighted by molar-refractivity contribution is -0.128. The predicted molar refractivity (Wildman–Crippen MR) is 73.8 cm³/mol. The van der Waals surface area contributed by atoms with Gasteiger partial charge in [-0.25, -0.2) is 4.79 Å². The lowest BCUT2D eigenvalue weighted by Crippen LogP contribution is -2.03. The highest BCUT2D eigenvalue weighted by Gasteiger charge is 2.11. The first kappa shape index (κ1) is 13.2. The van der Waals surface area contributed by atoms with E-state index in [2.05, 4.69) is 6.58 Å². The SMILES string of the molecule is C=CC(=O)Oc1cccc(Oc2ccccc2)c1Cl. The van der Waals surface area contributed by atoms with Gasteiger partial charge in [0.05, 0.1) is 0 Å². The van der Waals surface area contributed by atoms with Crippen molar-refractivity contribution < 1.29 is 14.3 Å². The minimum absolute atomic E-state index is 0.236. The standard InChI is InChI=1S/C15H11ClO3/c1-2-14(17)19-13-10-6-9-12(15(13)16)18-11-7-4-3-5-8-11/h2-10H,1H2. The summed E-state index contributed by atoms with van der Waals surface area (Å²) in [6.07, 6.45) is 1.07. The molecule has 0 aromatic heterocycles. The largest absolute Gasteiger partial charge is 0.456 e. The molecule has 0 fully saturated rings. The van der Waals surface area contributed by atoms with E-state index in [0.29, 0.717) is 11.5 Å². The van der Waals surface area contributed by atoms with Gasteiger partial charge in [0, 0.05) is 6.08 Å². The Labute approximate surface area is 116 Å². The number of carbonyl (C=O) groups excluding carboxylic acids is 1. The zero-order chi connectivity index (χ0) is 13.7. The third-order valence-electron chi connectivity index (χ3n) is 2.28. The number of hydrogen-bond donors (Lipinski definition) is 0. The molecule has 0 radical (unpaired) electrons. The van der Waals surface area contributed by atoms with Crippen LogP contribution in [0.2, 0.25) is 5.02 Å².